The summed E-state index contributed by atoms with van der Waals surface area (Å²) in [4.78, 5) is 21.3. The van der Waals surface area contributed by atoms with Crippen LogP contribution in [0.25, 0.3) is 10.9 Å². The average molecular weight is 216 g/mol. The molecule has 0 fully saturated rings. The summed E-state index contributed by atoms with van der Waals surface area (Å²) in [6.45, 7) is 0. The lowest BCUT2D eigenvalue weighted by molar-refractivity contribution is 1.16. The van der Waals surface area contributed by atoms with Crippen molar-refractivity contribution in [2.24, 2.45) is 0 Å². The molecule has 0 aromatic carbocycles. The van der Waals surface area contributed by atoms with E-state index in [4.69, 9.17) is 23.2 Å². The highest BCUT2D eigenvalue weighted by atomic mass is 35.5. The average Bonchev–Trinajstić information content (AvgIpc) is 2.07. The second-order valence-corrected chi connectivity index (χ2v) is 3.07. The van der Waals surface area contributed by atoms with E-state index in [0.717, 1.165) is 0 Å². The van der Waals surface area contributed by atoms with Gasteiger partial charge in [-0.25, -0.2) is 9.97 Å². The van der Waals surface area contributed by atoms with E-state index in [1.807, 2.05) is 0 Å². The van der Waals surface area contributed by atoms with Gasteiger partial charge in [0.25, 0.3) is 5.56 Å². The van der Waals surface area contributed by atoms with Crippen LogP contribution >= 0.6 is 23.2 Å². The van der Waals surface area contributed by atoms with Gasteiger partial charge in [-0.05, 0) is 17.7 Å². The quantitative estimate of drug-likeness (QED) is 0.537. The summed E-state index contributed by atoms with van der Waals surface area (Å²) in [6, 6.07) is 1.53. The molecular weight excluding hydrogens is 213 g/mol. The maximum absolute atomic E-state index is 11.3. The van der Waals surface area contributed by atoms with E-state index >= 15 is 0 Å². The van der Waals surface area contributed by atoms with E-state index in [2.05, 4.69) is 15.0 Å². The maximum Gasteiger partial charge on any atom is 0.259 e. The first-order valence-electron chi connectivity index (χ1n) is 3.38. The molecule has 0 aliphatic heterocycles. The van der Waals surface area contributed by atoms with Crippen LogP contribution in [0.1, 0.15) is 0 Å². The molecule has 0 radical (unpaired) electrons. The van der Waals surface area contributed by atoms with Crippen LogP contribution in [-0.2, 0) is 0 Å². The van der Waals surface area contributed by atoms with Crippen molar-refractivity contribution in [1.82, 2.24) is 15.0 Å². The Kier molecular flexibility index (Phi) is 1.94. The van der Waals surface area contributed by atoms with Crippen LogP contribution in [0, 0.1) is 0 Å². The number of fused-ring (bicyclic) bond motifs is 1. The van der Waals surface area contributed by atoms with Crippen LogP contribution in [0.2, 0.25) is 10.4 Å². The van der Waals surface area contributed by atoms with Crippen LogP contribution in [-0.4, -0.2) is 15.0 Å². The number of aromatic amines is 1. The lowest BCUT2D eigenvalue weighted by Crippen LogP contribution is -2.08. The van der Waals surface area contributed by atoms with Gasteiger partial charge in [0.2, 0.25) is 5.28 Å². The molecule has 6 heteroatoms. The number of nitrogens with one attached hydrogen (secondary N) is 1. The minimum absolute atomic E-state index is 0.00685. The first-order valence-corrected chi connectivity index (χ1v) is 4.14. The molecule has 0 amide bonds. The first kappa shape index (κ1) is 8.47. The van der Waals surface area contributed by atoms with Crippen molar-refractivity contribution in [2.75, 3.05) is 0 Å². The third kappa shape index (κ3) is 1.38. The molecule has 2 rings (SSSR count). The monoisotopic (exact) mass is 215 g/mol. The second kappa shape index (κ2) is 2.97. The standard InChI is InChI=1S/C7H3Cl2N3O/c8-5-4-3(1-2-10-5)6(13)12-7(9)11-4/h1-2H,(H,11,12,13). The lowest BCUT2D eigenvalue weighted by Gasteiger charge is -1.97. The molecule has 0 unspecified atom stereocenters. The summed E-state index contributed by atoms with van der Waals surface area (Å²) in [6.07, 6.45) is 1.44. The number of H-pyrrole nitrogens is 1. The molecular formula is C7H3Cl2N3O. The normalized spacial score (nSPS) is 10.6. The summed E-state index contributed by atoms with van der Waals surface area (Å²) in [5.41, 5.74) is -0.00258. The molecule has 1 N–H and O–H groups in total. The number of nitrogens with zero attached hydrogens (tertiary/aromatic N) is 2. The molecule has 0 saturated heterocycles. The summed E-state index contributed by atoms with van der Waals surface area (Å²) >= 11 is 11.3. The fraction of sp³-hybridized carbons (Fsp3) is 0. The molecule has 0 bridgehead atoms. The highest BCUT2D eigenvalue weighted by Gasteiger charge is 2.05. The second-order valence-electron chi connectivity index (χ2n) is 2.35. The zero-order chi connectivity index (χ0) is 9.42. The third-order valence-electron chi connectivity index (χ3n) is 1.55. The van der Waals surface area contributed by atoms with Crippen molar-refractivity contribution in [2.45, 2.75) is 0 Å². The summed E-state index contributed by atoms with van der Waals surface area (Å²) < 4.78 is 0. The van der Waals surface area contributed by atoms with Gasteiger partial charge in [-0.15, -0.1) is 0 Å². The van der Waals surface area contributed by atoms with E-state index in [1.54, 1.807) is 0 Å². The highest BCUT2D eigenvalue weighted by Crippen LogP contribution is 2.16. The molecule has 0 saturated carbocycles. The number of hydrogen-bond acceptors (Lipinski definition) is 3. The Morgan fingerprint density at radius 3 is 2.92 bits per heavy atom. The van der Waals surface area contributed by atoms with Crippen molar-refractivity contribution in [1.29, 1.82) is 0 Å². The first-order chi connectivity index (χ1) is 6.18. The fourth-order valence-corrected chi connectivity index (χ4v) is 1.38. The molecule has 0 atom stereocenters. The van der Waals surface area contributed by atoms with Gasteiger partial charge in [0.15, 0.2) is 5.15 Å². The number of pyridine rings is 1. The van der Waals surface area contributed by atoms with Gasteiger partial charge in [-0.3, -0.25) is 9.78 Å². The smallest absolute Gasteiger partial charge is 0.259 e. The fourth-order valence-electron chi connectivity index (χ4n) is 1.01. The predicted octanol–water partition coefficient (Wildman–Crippen LogP) is 1.62. The van der Waals surface area contributed by atoms with E-state index in [-0.39, 0.29) is 16.0 Å². The number of halogens is 2. The van der Waals surface area contributed by atoms with Crippen molar-refractivity contribution in [3.05, 3.63) is 33.1 Å². The van der Waals surface area contributed by atoms with E-state index < -0.39 is 0 Å². The molecule has 2 heterocycles. The van der Waals surface area contributed by atoms with Crippen molar-refractivity contribution in [3.8, 4) is 0 Å². The van der Waals surface area contributed by atoms with Crippen molar-refractivity contribution < 1.29 is 0 Å². The minimum Gasteiger partial charge on any atom is -0.297 e. The van der Waals surface area contributed by atoms with Gasteiger partial charge in [0, 0.05) is 6.20 Å². The molecule has 0 aliphatic carbocycles. The van der Waals surface area contributed by atoms with Crippen LogP contribution in [0.3, 0.4) is 0 Å². The zero-order valence-corrected chi connectivity index (χ0v) is 7.73. The minimum atomic E-state index is -0.320. The van der Waals surface area contributed by atoms with Gasteiger partial charge in [0.1, 0.15) is 5.52 Å². The van der Waals surface area contributed by atoms with Crippen molar-refractivity contribution >= 4 is 34.1 Å². The van der Waals surface area contributed by atoms with E-state index in [9.17, 15) is 4.79 Å². The SMILES string of the molecule is O=c1[nH]c(Cl)nc2c(Cl)nccc12. The summed E-state index contributed by atoms with van der Waals surface area (Å²) in [5.74, 6) is 0. The van der Waals surface area contributed by atoms with Gasteiger partial charge in [-0.2, -0.15) is 0 Å². The van der Waals surface area contributed by atoms with Gasteiger partial charge in [-0.1, -0.05) is 11.6 Å². The maximum atomic E-state index is 11.3. The number of rotatable bonds is 0. The predicted molar refractivity (Wildman–Crippen MR) is 50.2 cm³/mol. The molecule has 4 nitrogen and oxygen atoms in total. The molecule has 66 valence electrons. The van der Waals surface area contributed by atoms with Crippen molar-refractivity contribution in [3.63, 3.8) is 0 Å². The van der Waals surface area contributed by atoms with Gasteiger partial charge in [0.05, 0.1) is 5.39 Å². The topological polar surface area (TPSA) is 58.6 Å². The van der Waals surface area contributed by atoms with Crippen LogP contribution in [0.4, 0.5) is 0 Å². The largest absolute Gasteiger partial charge is 0.297 e. The van der Waals surface area contributed by atoms with Crippen LogP contribution < -0.4 is 5.56 Å². The lowest BCUT2D eigenvalue weighted by atomic mass is 10.3. The van der Waals surface area contributed by atoms with E-state index in [1.165, 1.54) is 12.3 Å². The van der Waals surface area contributed by atoms with E-state index in [0.29, 0.717) is 10.9 Å². The Balaban J connectivity index is 3.03. The Labute approximate surface area is 82.5 Å². The molecule has 2 aromatic rings. The Morgan fingerprint density at radius 2 is 2.15 bits per heavy atom. The number of hydrogen-bond donors (Lipinski definition) is 1. The van der Waals surface area contributed by atoms with Crippen LogP contribution in [0.15, 0.2) is 17.1 Å². The highest BCUT2D eigenvalue weighted by molar-refractivity contribution is 6.34. The third-order valence-corrected chi connectivity index (χ3v) is 2.01. The molecule has 2 aromatic heterocycles. The zero-order valence-electron chi connectivity index (χ0n) is 6.21. The molecule has 0 aliphatic rings. The number of aromatic nitrogens is 3. The molecule has 13 heavy (non-hydrogen) atoms. The van der Waals surface area contributed by atoms with Crippen LogP contribution in [0.5, 0.6) is 0 Å². The van der Waals surface area contributed by atoms with Gasteiger partial charge >= 0.3 is 0 Å². The summed E-state index contributed by atoms with van der Waals surface area (Å²) in [7, 11) is 0. The Hall–Kier alpha value is -1.13. The summed E-state index contributed by atoms with van der Waals surface area (Å²) in [5, 5.41) is 0.558. The molecule has 0 spiro atoms. The van der Waals surface area contributed by atoms with Gasteiger partial charge < -0.3 is 0 Å². The Bertz CT molecular complexity index is 523. The Morgan fingerprint density at radius 1 is 1.38 bits per heavy atom.